The first kappa shape index (κ1) is 12.9. The molecule has 0 N–H and O–H groups in total. The van der Waals surface area contributed by atoms with Gasteiger partial charge in [0.15, 0.2) is 5.16 Å². The summed E-state index contributed by atoms with van der Waals surface area (Å²) in [6.45, 7) is 3.34. The first-order chi connectivity index (χ1) is 9.36. The number of rotatable bonds is 3. The van der Waals surface area contributed by atoms with Crippen LogP contribution in [-0.4, -0.2) is 42.5 Å². The molecule has 0 saturated carbocycles. The summed E-state index contributed by atoms with van der Waals surface area (Å²) in [6, 6.07) is 6.23. The molecule has 0 radical (unpaired) electrons. The van der Waals surface area contributed by atoms with Crippen LogP contribution in [0.2, 0.25) is 0 Å². The van der Waals surface area contributed by atoms with Crippen molar-refractivity contribution >= 4 is 28.9 Å². The first-order valence-electron chi connectivity index (χ1n) is 6.16. The highest BCUT2D eigenvalue weighted by Gasteiger charge is 2.15. The zero-order chi connectivity index (χ0) is 13.1. The molecule has 2 aromatic rings. The number of thiophene rings is 1. The summed E-state index contributed by atoms with van der Waals surface area (Å²) >= 11 is 3.29. The average molecular weight is 293 g/mol. The second kappa shape index (κ2) is 5.90. The maximum absolute atomic E-state index is 5.39. The van der Waals surface area contributed by atoms with Gasteiger partial charge in [-0.3, -0.25) is 0 Å². The molecule has 2 aromatic heterocycles. The van der Waals surface area contributed by atoms with Crippen molar-refractivity contribution in [2.24, 2.45) is 0 Å². The van der Waals surface area contributed by atoms with Gasteiger partial charge >= 0.3 is 0 Å². The van der Waals surface area contributed by atoms with Crippen LogP contribution in [0.25, 0.3) is 10.6 Å². The van der Waals surface area contributed by atoms with Crippen molar-refractivity contribution in [2.75, 3.05) is 37.5 Å². The fourth-order valence-corrected chi connectivity index (χ4v) is 3.07. The fourth-order valence-electron chi connectivity index (χ4n) is 2.01. The van der Waals surface area contributed by atoms with Gasteiger partial charge in [-0.1, -0.05) is 17.8 Å². The maximum atomic E-state index is 5.39. The molecule has 1 saturated heterocycles. The molecule has 4 nitrogen and oxygen atoms in total. The summed E-state index contributed by atoms with van der Waals surface area (Å²) in [4.78, 5) is 12.7. The van der Waals surface area contributed by atoms with Crippen LogP contribution in [0.5, 0.6) is 0 Å². The highest BCUT2D eigenvalue weighted by molar-refractivity contribution is 7.98. The predicted molar refractivity (Wildman–Crippen MR) is 80.2 cm³/mol. The Morgan fingerprint density at radius 1 is 1.32 bits per heavy atom. The normalized spacial score (nSPS) is 15.7. The van der Waals surface area contributed by atoms with Gasteiger partial charge in [-0.2, -0.15) is 0 Å². The molecule has 3 rings (SSSR count). The highest BCUT2D eigenvalue weighted by Crippen LogP contribution is 2.28. The van der Waals surface area contributed by atoms with E-state index in [1.54, 1.807) is 23.1 Å². The van der Waals surface area contributed by atoms with Gasteiger partial charge in [-0.25, -0.2) is 9.97 Å². The Labute approximate surface area is 120 Å². The molecule has 0 amide bonds. The Kier molecular flexibility index (Phi) is 4.00. The SMILES string of the molecule is CSc1nc(-c2cccs2)cc(N2CCOCC2)n1. The summed E-state index contributed by atoms with van der Waals surface area (Å²) in [5.41, 5.74) is 1.01. The van der Waals surface area contributed by atoms with E-state index >= 15 is 0 Å². The molecule has 1 aliphatic rings. The van der Waals surface area contributed by atoms with Crippen LogP contribution in [0.15, 0.2) is 28.7 Å². The molecule has 0 aromatic carbocycles. The molecule has 0 spiro atoms. The number of hydrogen-bond acceptors (Lipinski definition) is 6. The van der Waals surface area contributed by atoms with E-state index in [2.05, 4.69) is 38.4 Å². The largest absolute Gasteiger partial charge is 0.378 e. The van der Waals surface area contributed by atoms with Crippen molar-refractivity contribution in [3.8, 4) is 10.6 Å². The molecule has 6 heteroatoms. The van der Waals surface area contributed by atoms with Crippen molar-refractivity contribution in [1.82, 2.24) is 9.97 Å². The molecule has 1 fully saturated rings. The second-order valence-electron chi connectivity index (χ2n) is 4.17. The quantitative estimate of drug-likeness (QED) is 0.642. The molecule has 0 aliphatic carbocycles. The van der Waals surface area contributed by atoms with Gasteiger partial charge in [0, 0.05) is 19.2 Å². The van der Waals surface area contributed by atoms with Crippen molar-refractivity contribution < 1.29 is 4.74 Å². The lowest BCUT2D eigenvalue weighted by Crippen LogP contribution is -2.36. The fraction of sp³-hybridized carbons (Fsp3) is 0.385. The topological polar surface area (TPSA) is 38.2 Å². The molecule has 19 heavy (non-hydrogen) atoms. The smallest absolute Gasteiger partial charge is 0.189 e. The lowest BCUT2D eigenvalue weighted by molar-refractivity contribution is 0.122. The number of aromatic nitrogens is 2. The maximum Gasteiger partial charge on any atom is 0.189 e. The van der Waals surface area contributed by atoms with Crippen LogP contribution in [0.1, 0.15) is 0 Å². The van der Waals surface area contributed by atoms with Gasteiger partial charge in [0.05, 0.1) is 23.8 Å². The van der Waals surface area contributed by atoms with Gasteiger partial charge in [0.25, 0.3) is 0 Å². The van der Waals surface area contributed by atoms with Crippen molar-refractivity contribution in [2.45, 2.75) is 5.16 Å². The molecule has 0 unspecified atom stereocenters. The van der Waals surface area contributed by atoms with E-state index in [1.807, 2.05) is 6.26 Å². The summed E-state index contributed by atoms with van der Waals surface area (Å²) in [5.74, 6) is 1.01. The zero-order valence-corrected chi connectivity index (χ0v) is 12.3. The van der Waals surface area contributed by atoms with Gasteiger partial charge in [0.2, 0.25) is 0 Å². The van der Waals surface area contributed by atoms with Crippen molar-refractivity contribution in [3.63, 3.8) is 0 Å². The molecular formula is C13H15N3OS2. The van der Waals surface area contributed by atoms with Crippen LogP contribution >= 0.6 is 23.1 Å². The summed E-state index contributed by atoms with van der Waals surface area (Å²) < 4.78 is 5.39. The molecule has 1 aliphatic heterocycles. The Hall–Kier alpha value is -1.11. The Balaban J connectivity index is 1.97. The third kappa shape index (κ3) is 2.91. The van der Waals surface area contributed by atoms with E-state index in [0.29, 0.717) is 0 Å². The minimum Gasteiger partial charge on any atom is -0.378 e. The lowest BCUT2D eigenvalue weighted by Gasteiger charge is -2.28. The monoisotopic (exact) mass is 293 g/mol. The average Bonchev–Trinajstić information content (AvgIpc) is 3.02. The van der Waals surface area contributed by atoms with Gasteiger partial charge in [0.1, 0.15) is 5.82 Å². The minimum absolute atomic E-state index is 0.771. The number of ether oxygens (including phenoxy) is 1. The molecule has 0 bridgehead atoms. The van der Waals surface area contributed by atoms with Crippen LogP contribution in [0, 0.1) is 0 Å². The van der Waals surface area contributed by atoms with E-state index in [9.17, 15) is 0 Å². The molecular weight excluding hydrogens is 278 g/mol. The van der Waals surface area contributed by atoms with Crippen molar-refractivity contribution in [1.29, 1.82) is 0 Å². The lowest BCUT2D eigenvalue weighted by atomic mass is 10.3. The van der Waals surface area contributed by atoms with E-state index in [0.717, 1.165) is 43.0 Å². The van der Waals surface area contributed by atoms with E-state index in [1.165, 1.54) is 4.88 Å². The number of hydrogen-bond donors (Lipinski definition) is 0. The van der Waals surface area contributed by atoms with Crippen LogP contribution < -0.4 is 4.90 Å². The summed E-state index contributed by atoms with van der Waals surface area (Å²) in [5, 5.41) is 2.90. The molecule has 0 atom stereocenters. The van der Waals surface area contributed by atoms with E-state index in [4.69, 9.17) is 4.74 Å². The van der Waals surface area contributed by atoms with Crippen LogP contribution in [-0.2, 0) is 4.74 Å². The highest BCUT2D eigenvalue weighted by atomic mass is 32.2. The minimum atomic E-state index is 0.771. The number of nitrogens with zero attached hydrogens (tertiary/aromatic N) is 3. The van der Waals surface area contributed by atoms with Gasteiger partial charge in [-0.15, -0.1) is 11.3 Å². The Bertz CT molecular complexity index is 539. The molecule has 100 valence electrons. The second-order valence-corrected chi connectivity index (χ2v) is 5.90. The first-order valence-corrected chi connectivity index (χ1v) is 8.27. The standard InChI is InChI=1S/C13H15N3OS2/c1-18-13-14-10(11-3-2-8-19-11)9-12(15-13)16-4-6-17-7-5-16/h2-3,8-9H,4-7H2,1H3. The summed E-state index contributed by atoms with van der Waals surface area (Å²) in [6.07, 6.45) is 2.01. The van der Waals surface area contributed by atoms with Crippen LogP contribution in [0.4, 0.5) is 5.82 Å². The number of morpholine rings is 1. The number of thioether (sulfide) groups is 1. The number of anilines is 1. The third-order valence-electron chi connectivity index (χ3n) is 2.98. The van der Waals surface area contributed by atoms with Crippen molar-refractivity contribution in [3.05, 3.63) is 23.6 Å². The Morgan fingerprint density at radius 3 is 2.84 bits per heavy atom. The zero-order valence-electron chi connectivity index (χ0n) is 10.7. The Morgan fingerprint density at radius 2 is 2.16 bits per heavy atom. The van der Waals surface area contributed by atoms with Gasteiger partial charge < -0.3 is 9.64 Å². The molecule has 3 heterocycles. The predicted octanol–water partition coefficient (Wildman–Crippen LogP) is 2.76. The van der Waals surface area contributed by atoms with E-state index < -0.39 is 0 Å². The van der Waals surface area contributed by atoms with Crippen LogP contribution in [0.3, 0.4) is 0 Å². The third-order valence-corrected chi connectivity index (χ3v) is 4.42. The summed E-state index contributed by atoms with van der Waals surface area (Å²) in [7, 11) is 0. The van der Waals surface area contributed by atoms with E-state index in [-0.39, 0.29) is 0 Å². The van der Waals surface area contributed by atoms with Gasteiger partial charge in [-0.05, 0) is 17.7 Å².